The average Bonchev–Trinajstić information content (AvgIpc) is 2.38. The van der Waals surface area contributed by atoms with E-state index in [1.165, 1.54) is 0 Å². The maximum Gasteiger partial charge on any atom is 0.161 e. The van der Waals surface area contributed by atoms with E-state index in [-0.39, 0.29) is 6.10 Å². The molecule has 0 radical (unpaired) electrons. The minimum absolute atomic E-state index is 0.0645. The van der Waals surface area contributed by atoms with Crippen LogP contribution in [0.2, 0.25) is 0 Å². The summed E-state index contributed by atoms with van der Waals surface area (Å²) in [6.07, 6.45) is 0.845. The maximum absolute atomic E-state index is 5.65. The van der Waals surface area contributed by atoms with Crippen molar-refractivity contribution in [3.63, 3.8) is 0 Å². The topological polar surface area (TPSA) is 53.7 Å². The first-order valence-electron chi connectivity index (χ1n) is 5.89. The Morgan fingerprint density at radius 2 is 1.94 bits per heavy atom. The van der Waals surface area contributed by atoms with Gasteiger partial charge in [0.2, 0.25) is 0 Å². The minimum atomic E-state index is 0.0645. The van der Waals surface area contributed by atoms with Crippen molar-refractivity contribution in [2.75, 3.05) is 26.9 Å². The normalized spacial score (nSPS) is 12.2. The molecule has 0 fully saturated rings. The van der Waals surface area contributed by atoms with Gasteiger partial charge in [0.25, 0.3) is 0 Å². The molecule has 0 saturated carbocycles. The van der Waals surface area contributed by atoms with E-state index in [1.54, 1.807) is 7.11 Å². The van der Waals surface area contributed by atoms with Crippen LogP contribution in [0.4, 0.5) is 0 Å². The van der Waals surface area contributed by atoms with E-state index in [0.29, 0.717) is 19.8 Å². The number of hydrogen-bond donors (Lipinski definition) is 1. The lowest BCUT2D eigenvalue weighted by atomic mass is 10.2. The summed E-state index contributed by atoms with van der Waals surface area (Å²) in [5.74, 6) is 1.50. The molecule has 4 nitrogen and oxygen atoms in total. The molecular formula is C13H21NO3. The molecule has 1 unspecified atom stereocenters. The van der Waals surface area contributed by atoms with Crippen LogP contribution in [0.25, 0.3) is 0 Å². The molecule has 0 aliphatic heterocycles. The summed E-state index contributed by atoms with van der Waals surface area (Å²) in [6.45, 7) is 3.73. The largest absolute Gasteiger partial charge is 0.493 e. The van der Waals surface area contributed by atoms with E-state index in [0.717, 1.165) is 17.9 Å². The molecule has 1 aromatic carbocycles. The van der Waals surface area contributed by atoms with Gasteiger partial charge in [0.05, 0.1) is 19.8 Å². The molecule has 0 aliphatic rings. The quantitative estimate of drug-likeness (QED) is 0.752. The van der Waals surface area contributed by atoms with Crippen molar-refractivity contribution < 1.29 is 14.2 Å². The maximum atomic E-state index is 5.65. The summed E-state index contributed by atoms with van der Waals surface area (Å²) in [5.41, 5.74) is 5.59. The van der Waals surface area contributed by atoms with E-state index in [9.17, 15) is 0 Å². The molecule has 0 saturated heterocycles. The Balaban J connectivity index is 2.39. The molecular weight excluding hydrogens is 218 g/mol. The zero-order valence-corrected chi connectivity index (χ0v) is 10.5. The van der Waals surface area contributed by atoms with Crippen LogP contribution in [-0.4, -0.2) is 33.0 Å². The van der Waals surface area contributed by atoms with Gasteiger partial charge in [-0.25, -0.2) is 0 Å². The molecule has 4 heteroatoms. The smallest absolute Gasteiger partial charge is 0.161 e. The van der Waals surface area contributed by atoms with Gasteiger partial charge in [0.15, 0.2) is 11.5 Å². The summed E-state index contributed by atoms with van der Waals surface area (Å²) < 4.78 is 16.3. The van der Waals surface area contributed by atoms with Crippen molar-refractivity contribution in [2.45, 2.75) is 19.4 Å². The number of rotatable bonds is 8. The Hall–Kier alpha value is -1.26. The molecule has 2 N–H and O–H groups in total. The third-order valence-corrected chi connectivity index (χ3v) is 2.43. The molecule has 1 atom stereocenters. The number of para-hydroxylation sites is 2. The summed E-state index contributed by atoms with van der Waals surface area (Å²) in [5, 5.41) is 0. The fraction of sp³-hybridized carbons (Fsp3) is 0.538. The second kappa shape index (κ2) is 7.92. The number of nitrogens with two attached hydrogens (primary N) is 1. The summed E-state index contributed by atoms with van der Waals surface area (Å²) in [7, 11) is 1.63. The average molecular weight is 239 g/mol. The zero-order chi connectivity index (χ0) is 12.5. The lowest BCUT2D eigenvalue weighted by Gasteiger charge is -2.16. The Morgan fingerprint density at radius 1 is 1.24 bits per heavy atom. The molecule has 96 valence electrons. The number of methoxy groups -OCH3 is 1. The van der Waals surface area contributed by atoms with Crippen molar-refractivity contribution in [3.8, 4) is 11.5 Å². The van der Waals surface area contributed by atoms with Crippen molar-refractivity contribution in [1.82, 2.24) is 0 Å². The summed E-state index contributed by atoms with van der Waals surface area (Å²) in [4.78, 5) is 0. The van der Waals surface area contributed by atoms with Crippen LogP contribution in [0.1, 0.15) is 13.3 Å². The first-order valence-corrected chi connectivity index (χ1v) is 5.89. The molecule has 0 bridgehead atoms. The van der Waals surface area contributed by atoms with E-state index < -0.39 is 0 Å². The van der Waals surface area contributed by atoms with Gasteiger partial charge in [-0.2, -0.15) is 0 Å². The molecule has 1 aromatic rings. The second-order valence-electron chi connectivity index (χ2n) is 3.60. The van der Waals surface area contributed by atoms with Crippen LogP contribution in [0.3, 0.4) is 0 Å². The van der Waals surface area contributed by atoms with Crippen LogP contribution in [0.5, 0.6) is 11.5 Å². The lowest BCUT2D eigenvalue weighted by Crippen LogP contribution is -2.25. The first kappa shape index (κ1) is 13.8. The Morgan fingerprint density at radius 3 is 2.53 bits per heavy atom. The van der Waals surface area contributed by atoms with E-state index in [4.69, 9.17) is 19.9 Å². The predicted molar refractivity (Wildman–Crippen MR) is 67.6 cm³/mol. The standard InChI is InChI=1S/C13H21NO3/c1-3-16-11(10-14)8-9-17-13-7-5-4-6-12(13)15-2/h4-7,11H,3,8-10,14H2,1-2H3. The van der Waals surface area contributed by atoms with Crippen LogP contribution < -0.4 is 15.2 Å². The zero-order valence-electron chi connectivity index (χ0n) is 10.5. The first-order chi connectivity index (χ1) is 8.31. The van der Waals surface area contributed by atoms with Crippen LogP contribution in [0, 0.1) is 0 Å². The molecule has 0 aliphatic carbocycles. The van der Waals surface area contributed by atoms with Gasteiger partial charge in [-0.1, -0.05) is 12.1 Å². The molecule has 0 amide bonds. The van der Waals surface area contributed by atoms with Gasteiger partial charge in [-0.3, -0.25) is 0 Å². The Kier molecular flexibility index (Phi) is 6.43. The van der Waals surface area contributed by atoms with Crippen LogP contribution in [0.15, 0.2) is 24.3 Å². The minimum Gasteiger partial charge on any atom is -0.493 e. The van der Waals surface area contributed by atoms with Gasteiger partial charge in [0, 0.05) is 19.6 Å². The lowest BCUT2D eigenvalue weighted by molar-refractivity contribution is 0.0524. The predicted octanol–water partition coefficient (Wildman–Crippen LogP) is 1.83. The molecule has 17 heavy (non-hydrogen) atoms. The monoisotopic (exact) mass is 239 g/mol. The number of ether oxygens (including phenoxy) is 3. The van der Waals surface area contributed by atoms with E-state index in [2.05, 4.69) is 0 Å². The van der Waals surface area contributed by atoms with E-state index >= 15 is 0 Å². The van der Waals surface area contributed by atoms with Gasteiger partial charge in [0.1, 0.15) is 0 Å². The molecule has 1 rings (SSSR count). The van der Waals surface area contributed by atoms with Crippen molar-refractivity contribution >= 4 is 0 Å². The van der Waals surface area contributed by atoms with Crippen LogP contribution in [-0.2, 0) is 4.74 Å². The highest BCUT2D eigenvalue weighted by atomic mass is 16.5. The third kappa shape index (κ3) is 4.63. The molecule has 0 spiro atoms. The van der Waals surface area contributed by atoms with Crippen molar-refractivity contribution in [3.05, 3.63) is 24.3 Å². The fourth-order valence-corrected chi connectivity index (χ4v) is 1.54. The van der Waals surface area contributed by atoms with Gasteiger partial charge < -0.3 is 19.9 Å². The highest BCUT2D eigenvalue weighted by molar-refractivity contribution is 5.39. The summed E-state index contributed by atoms with van der Waals surface area (Å²) in [6, 6.07) is 7.59. The van der Waals surface area contributed by atoms with Crippen molar-refractivity contribution in [1.29, 1.82) is 0 Å². The van der Waals surface area contributed by atoms with E-state index in [1.807, 2.05) is 31.2 Å². The van der Waals surface area contributed by atoms with Gasteiger partial charge >= 0.3 is 0 Å². The number of hydrogen-bond acceptors (Lipinski definition) is 4. The number of benzene rings is 1. The van der Waals surface area contributed by atoms with Crippen LogP contribution >= 0.6 is 0 Å². The highest BCUT2D eigenvalue weighted by Crippen LogP contribution is 2.25. The Labute approximate surface area is 103 Å². The molecule has 0 heterocycles. The molecule has 0 aromatic heterocycles. The van der Waals surface area contributed by atoms with Gasteiger partial charge in [-0.15, -0.1) is 0 Å². The SMILES string of the molecule is CCOC(CN)CCOc1ccccc1OC. The van der Waals surface area contributed by atoms with Gasteiger partial charge in [-0.05, 0) is 19.1 Å². The Bertz CT molecular complexity index is 317. The fourth-order valence-electron chi connectivity index (χ4n) is 1.54. The second-order valence-corrected chi connectivity index (χ2v) is 3.60. The highest BCUT2D eigenvalue weighted by Gasteiger charge is 2.07. The summed E-state index contributed by atoms with van der Waals surface area (Å²) >= 11 is 0. The third-order valence-electron chi connectivity index (χ3n) is 2.43. The van der Waals surface area contributed by atoms with Crippen molar-refractivity contribution in [2.24, 2.45) is 5.73 Å².